The highest BCUT2D eigenvalue weighted by molar-refractivity contribution is 6.16. The van der Waals surface area contributed by atoms with Crippen molar-refractivity contribution in [3.05, 3.63) is 92.9 Å². The third kappa shape index (κ3) is 3.97. The molecule has 0 N–H and O–H groups in total. The molecule has 3 aromatic rings. The van der Waals surface area contributed by atoms with Crippen LogP contribution in [0.2, 0.25) is 0 Å². The topological polar surface area (TPSA) is 52.8 Å². The van der Waals surface area contributed by atoms with E-state index in [1.54, 1.807) is 17.7 Å². The van der Waals surface area contributed by atoms with Crippen LogP contribution in [0, 0.1) is 0 Å². The van der Waals surface area contributed by atoms with Crippen molar-refractivity contribution in [2.24, 2.45) is 4.99 Å². The summed E-state index contributed by atoms with van der Waals surface area (Å²) in [6, 6.07) is 15.8. The quantitative estimate of drug-likeness (QED) is 0.584. The average molecular weight is 443 g/mol. The van der Waals surface area contributed by atoms with Gasteiger partial charge in [0.25, 0.3) is 5.56 Å². The first kappa shape index (κ1) is 21.5. The zero-order chi connectivity index (χ0) is 23.4. The Morgan fingerprint density at radius 1 is 1.06 bits per heavy atom. The van der Waals surface area contributed by atoms with Crippen molar-refractivity contribution in [2.75, 3.05) is 7.11 Å². The number of benzene rings is 2. The Hall–Kier alpha value is -3.34. The van der Waals surface area contributed by atoms with Gasteiger partial charge in [-0.3, -0.25) is 9.79 Å². The van der Waals surface area contributed by atoms with Crippen molar-refractivity contribution in [1.29, 1.82) is 0 Å². The van der Waals surface area contributed by atoms with Gasteiger partial charge in [0.2, 0.25) is 0 Å². The van der Waals surface area contributed by atoms with Crippen molar-refractivity contribution in [3.8, 4) is 11.5 Å². The molecular formula is C28H30N2O3. The first-order chi connectivity index (χ1) is 15.7. The summed E-state index contributed by atoms with van der Waals surface area (Å²) in [4.78, 5) is 18.2. The number of nitrogens with zero attached hydrogens (tertiary/aromatic N) is 2. The predicted octanol–water partition coefficient (Wildman–Crippen LogP) is 4.79. The van der Waals surface area contributed by atoms with Gasteiger partial charge in [-0.25, -0.2) is 0 Å². The van der Waals surface area contributed by atoms with Gasteiger partial charge in [-0.15, -0.1) is 0 Å². The molecule has 2 aromatic carbocycles. The van der Waals surface area contributed by atoms with E-state index in [9.17, 15) is 4.79 Å². The molecule has 0 amide bonds. The third-order valence-electron chi connectivity index (χ3n) is 6.37. The van der Waals surface area contributed by atoms with Gasteiger partial charge in [-0.1, -0.05) is 30.3 Å². The molecule has 2 aliphatic heterocycles. The van der Waals surface area contributed by atoms with E-state index in [1.807, 2.05) is 42.6 Å². The molecule has 2 aliphatic rings. The number of ether oxygens (including phenoxy) is 2. The summed E-state index contributed by atoms with van der Waals surface area (Å²) >= 11 is 0. The fourth-order valence-electron chi connectivity index (χ4n) is 5.00. The zero-order valence-electron chi connectivity index (χ0n) is 19.9. The van der Waals surface area contributed by atoms with Crippen LogP contribution >= 0.6 is 0 Å². The lowest BCUT2D eigenvalue weighted by Crippen LogP contribution is -2.31. The van der Waals surface area contributed by atoms with Gasteiger partial charge in [-0.05, 0) is 57.4 Å². The number of fused-ring (bicyclic) bond motifs is 3. The molecular weight excluding hydrogens is 412 g/mol. The Morgan fingerprint density at radius 2 is 1.82 bits per heavy atom. The second-order valence-electron chi connectivity index (χ2n) is 10.3. The summed E-state index contributed by atoms with van der Waals surface area (Å²) in [6.45, 7) is 8.99. The Morgan fingerprint density at radius 3 is 2.52 bits per heavy atom. The molecule has 3 heterocycles. The largest absolute Gasteiger partial charge is 0.493 e. The summed E-state index contributed by atoms with van der Waals surface area (Å²) in [5.74, 6) is 1.57. The van der Waals surface area contributed by atoms with Crippen LogP contribution in [0.3, 0.4) is 0 Å². The van der Waals surface area contributed by atoms with E-state index in [2.05, 4.69) is 33.8 Å². The van der Waals surface area contributed by atoms with Crippen molar-refractivity contribution in [2.45, 2.75) is 58.2 Å². The van der Waals surface area contributed by atoms with Gasteiger partial charge in [0.15, 0.2) is 11.5 Å². The Labute approximate surface area is 194 Å². The summed E-state index contributed by atoms with van der Waals surface area (Å²) in [5.41, 5.74) is 5.57. The van der Waals surface area contributed by atoms with E-state index in [-0.39, 0.29) is 16.7 Å². The molecule has 0 saturated carbocycles. The molecule has 0 bridgehead atoms. The van der Waals surface area contributed by atoms with Crippen LogP contribution in [-0.4, -0.2) is 28.5 Å². The predicted molar refractivity (Wildman–Crippen MR) is 131 cm³/mol. The first-order valence-electron chi connectivity index (χ1n) is 11.4. The summed E-state index contributed by atoms with van der Waals surface area (Å²) in [5, 5.41) is 0. The van der Waals surface area contributed by atoms with Crippen LogP contribution in [0.1, 0.15) is 55.5 Å². The van der Waals surface area contributed by atoms with E-state index >= 15 is 0 Å². The molecule has 1 aromatic heterocycles. The molecule has 0 radical (unpaired) electrons. The lowest BCUT2D eigenvalue weighted by atomic mass is 9.81. The SMILES string of the molecule is COc1cc2c(c3c1OC(C)(C)C3)C(c1ccn(Cc3ccccc3)c(=O)c1)=NC(C)(C)C2. The first-order valence-corrected chi connectivity index (χ1v) is 11.4. The minimum Gasteiger partial charge on any atom is -0.493 e. The number of hydrogen-bond donors (Lipinski definition) is 0. The highest BCUT2D eigenvalue weighted by atomic mass is 16.5. The second kappa shape index (κ2) is 7.62. The molecule has 170 valence electrons. The van der Waals surface area contributed by atoms with Crippen molar-refractivity contribution in [1.82, 2.24) is 4.57 Å². The average Bonchev–Trinajstić information content (AvgIpc) is 3.08. The third-order valence-corrected chi connectivity index (χ3v) is 6.37. The monoisotopic (exact) mass is 442 g/mol. The van der Waals surface area contributed by atoms with E-state index in [0.29, 0.717) is 6.54 Å². The number of hydrogen-bond acceptors (Lipinski definition) is 4. The van der Waals surface area contributed by atoms with Crippen LogP contribution in [-0.2, 0) is 19.4 Å². The molecule has 0 spiro atoms. The molecule has 0 atom stereocenters. The van der Waals surface area contributed by atoms with Gasteiger partial charge >= 0.3 is 0 Å². The van der Waals surface area contributed by atoms with Crippen LogP contribution in [0.25, 0.3) is 0 Å². The number of pyridine rings is 1. The maximum Gasteiger partial charge on any atom is 0.251 e. The maximum absolute atomic E-state index is 13.1. The van der Waals surface area contributed by atoms with Crippen LogP contribution < -0.4 is 15.0 Å². The molecule has 0 fully saturated rings. The molecule has 33 heavy (non-hydrogen) atoms. The smallest absolute Gasteiger partial charge is 0.251 e. The van der Waals surface area contributed by atoms with Gasteiger partial charge in [0, 0.05) is 35.4 Å². The number of methoxy groups -OCH3 is 1. The fourth-order valence-corrected chi connectivity index (χ4v) is 5.00. The van der Waals surface area contributed by atoms with Crippen molar-refractivity contribution in [3.63, 3.8) is 0 Å². The minimum absolute atomic E-state index is 0.0364. The highest BCUT2D eigenvalue weighted by Gasteiger charge is 2.39. The van der Waals surface area contributed by atoms with Crippen molar-refractivity contribution >= 4 is 5.71 Å². The van der Waals surface area contributed by atoms with Gasteiger partial charge < -0.3 is 14.0 Å². The van der Waals surface area contributed by atoms with Crippen LogP contribution in [0.5, 0.6) is 11.5 Å². The standard InChI is InChI=1S/C28H30N2O3/c1-27(2)15-20-13-22(32-5)26-21(16-28(3,4)33-26)24(20)25(29-27)19-11-12-30(23(31)14-19)17-18-9-7-6-8-10-18/h6-14H,15-17H2,1-5H3. The molecule has 5 heteroatoms. The van der Waals surface area contributed by atoms with E-state index < -0.39 is 0 Å². The summed E-state index contributed by atoms with van der Waals surface area (Å²) in [6.07, 6.45) is 3.45. The normalized spacial score (nSPS) is 17.5. The van der Waals surface area contributed by atoms with E-state index in [4.69, 9.17) is 14.5 Å². The Bertz CT molecular complexity index is 1320. The van der Waals surface area contributed by atoms with Gasteiger partial charge in [0.05, 0.1) is 24.9 Å². The Balaban J connectivity index is 1.63. The van der Waals surface area contributed by atoms with E-state index in [1.165, 1.54) is 5.56 Å². The molecule has 5 nitrogen and oxygen atoms in total. The second-order valence-corrected chi connectivity index (χ2v) is 10.3. The van der Waals surface area contributed by atoms with Gasteiger partial charge in [0.1, 0.15) is 5.60 Å². The zero-order valence-corrected chi connectivity index (χ0v) is 19.9. The van der Waals surface area contributed by atoms with Crippen LogP contribution in [0.4, 0.5) is 0 Å². The maximum atomic E-state index is 13.1. The van der Waals surface area contributed by atoms with E-state index in [0.717, 1.165) is 52.3 Å². The lowest BCUT2D eigenvalue weighted by Gasteiger charge is -2.31. The summed E-state index contributed by atoms with van der Waals surface area (Å²) in [7, 11) is 1.69. The molecule has 0 saturated heterocycles. The number of rotatable bonds is 4. The minimum atomic E-state index is -0.318. The number of aliphatic imine (C=N–C) groups is 1. The number of aromatic nitrogens is 1. The molecule has 5 rings (SSSR count). The molecule has 0 unspecified atom stereocenters. The summed E-state index contributed by atoms with van der Waals surface area (Å²) < 4.78 is 13.7. The van der Waals surface area contributed by atoms with Crippen LogP contribution in [0.15, 0.2) is 64.5 Å². The molecule has 0 aliphatic carbocycles. The fraction of sp³-hybridized carbons (Fsp3) is 0.357. The highest BCUT2D eigenvalue weighted by Crippen LogP contribution is 2.47. The Kier molecular flexibility index (Phi) is 4.96. The van der Waals surface area contributed by atoms with Gasteiger partial charge in [-0.2, -0.15) is 0 Å². The lowest BCUT2D eigenvalue weighted by molar-refractivity contribution is 0.134. The van der Waals surface area contributed by atoms with Crippen molar-refractivity contribution < 1.29 is 9.47 Å².